The molecule has 7 aromatic carbocycles. The minimum atomic E-state index is 0.523. The minimum absolute atomic E-state index is 0.523. The Bertz CT molecular complexity index is 2900. The Kier molecular flexibility index (Phi) is 7.17. The summed E-state index contributed by atoms with van der Waals surface area (Å²) in [5, 5.41) is 5.94. The van der Waals surface area contributed by atoms with E-state index in [1.165, 1.54) is 21.8 Å². The highest BCUT2D eigenvalue weighted by atomic mass is 35.5. The van der Waals surface area contributed by atoms with E-state index in [9.17, 15) is 0 Å². The Hall–Kier alpha value is -6.27. The first kappa shape index (κ1) is 30.5. The summed E-state index contributed by atoms with van der Waals surface area (Å²) < 4.78 is 4.49. The minimum Gasteiger partial charge on any atom is -0.309 e. The molecule has 246 valence electrons. The van der Waals surface area contributed by atoms with Crippen molar-refractivity contribution in [3.8, 4) is 45.5 Å². The first-order chi connectivity index (χ1) is 25.6. The zero-order chi connectivity index (χ0) is 34.8. The molecule has 0 amide bonds. The number of hydrogen-bond acceptors (Lipinski definition) is 3. The van der Waals surface area contributed by atoms with Crippen LogP contribution in [0.2, 0.25) is 10.0 Å². The van der Waals surface area contributed by atoms with Gasteiger partial charge in [-0.15, -0.1) is 0 Å². The van der Waals surface area contributed by atoms with Crippen molar-refractivity contribution in [1.82, 2.24) is 24.1 Å². The molecule has 0 aliphatic heterocycles. The molecule has 0 radical (unpaired) electrons. The molecule has 0 saturated carbocycles. The van der Waals surface area contributed by atoms with Gasteiger partial charge in [0.1, 0.15) is 0 Å². The van der Waals surface area contributed by atoms with Crippen molar-refractivity contribution in [2.45, 2.75) is 0 Å². The summed E-state index contributed by atoms with van der Waals surface area (Å²) in [6, 6.07) is 56.1. The SMILES string of the molecule is Clc1ccc(-c2nc(-c3ccc(Cl)cc3)nc(-n3c4ccccc4c4ccc(-c5ccc6c(c5)c5ccccc5n6-c5ccccc5)cc43)n2)cc1. The highest BCUT2D eigenvalue weighted by molar-refractivity contribution is 6.31. The predicted molar refractivity (Wildman–Crippen MR) is 215 cm³/mol. The molecule has 0 fully saturated rings. The molecule has 5 nitrogen and oxygen atoms in total. The Balaban J connectivity index is 1.20. The number of aromatic nitrogens is 5. The average molecular weight is 709 g/mol. The van der Waals surface area contributed by atoms with Gasteiger partial charge in [0.05, 0.1) is 22.1 Å². The van der Waals surface area contributed by atoms with Gasteiger partial charge < -0.3 is 4.57 Å². The molecule has 0 N–H and O–H groups in total. The molecule has 10 rings (SSSR count). The fourth-order valence-electron chi connectivity index (χ4n) is 7.29. The highest BCUT2D eigenvalue weighted by Crippen LogP contribution is 2.38. The molecule has 0 bridgehead atoms. The average Bonchev–Trinajstić information content (AvgIpc) is 3.71. The Morgan fingerprint density at radius 2 is 0.827 bits per heavy atom. The lowest BCUT2D eigenvalue weighted by Gasteiger charge is -2.12. The number of rotatable bonds is 5. The van der Waals surface area contributed by atoms with Crippen molar-refractivity contribution in [2.75, 3.05) is 0 Å². The molecule has 0 spiro atoms. The molecule has 0 saturated heterocycles. The molecular formula is C45H27Cl2N5. The summed E-state index contributed by atoms with van der Waals surface area (Å²) in [5.41, 5.74) is 9.40. The third-order valence-electron chi connectivity index (χ3n) is 9.72. The largest absolute Gasteiger partial charge is 0.309 e. The van der Waals surface area contributed by atoms with Gasteiger partial charge in [0.2, 0.25) is 5.95 Å². The van der Waals surface area contributed by atoms with Crippen LogP contribution in [0.25, 0.3) is 89.2 Å². The van der Waals surface area contributed by atoms with Gasteiger partial charge in [-0.1, -0.05) is 96.0 Å². The van der Waals surface area contributed by atoms with Gasteiger partial charge in [-0.3, -0.25) is 4.57 Å². The van der Waals surface area contributed by atoms with Crippen molar-refractivity contribution >= 4 is 66.8 Å². The van der Waals surface area contributed by atoms with Crippen molar-refractivity contribution in [3.63, 3.8) is 0 Å². The van der Waals surface area contributed by atoms with Crippen LogP contribution in [0.1, 0.15) is 0 Å². The van der Waals surface area contributed by atoms with Crippen LogP contribution in [0.15, 0.2) is 164 Å². The number of halogens is 2. The van der Waals surface area contributed by atoms with Crippen molar-refractivity contribution in [2.24, 2.45) is 0 Å². The number of nitrogens with zero attached hydrogens (tertiary/aromatic N) is 5. The fourth-order valence-corrected chi connectivity index (χ4v) is 7.55. The van der Waals surface area contributed by atoms with Gasteiger partial charge in [0, 0.05) is 48.4 Å². The van der Waals surface area contributed by atoms with E-state index in [2.05, 4.69) is 124 Å². The third kappa shape index (κ3) is 5.05. The maximum Gasteiger partial charge on any atom is 0.238 e. The molecule has 3 heterocycles. The third-order valence-corrected chi connectivity index (χ3v) is 10.2. The van der Waals surface area contributed by atoms with Gasteiger partial charge in [-0.05, 0) is 102 Å². The van der Waals surface area contributed by atoms with Crippen molar-refractivity contribution < 1.29 is 0 Å². The summed E-state index contributed by atoms with van der Waals surface area (Å²) in [6.45, 7) is 0. The van der Waals surface area contributed by atoms with Crippen LogP contribution in [0.3, 0.4) is 0 Å². The Morgan fingerprint density at radius 1 is 0.346 bits per heavy atom. The number of hydrogen-bond donors (Lipinski definition) is 0. The summed E-state index contributed by atoms with van der Waals surface area (Å²) in [6.07, 6.45) is 0. The number of fused-ring (bicyclic) bond motifs is 6. The zero-order valence-corrected chi connectivity index (χ0v) is 29.1. The van der Waals surface area contributed by atoms with Crippen LogP contribution < -0.4 is 0 Å². The van der Waals surface area contributed by atoms with E-state index in [1.54, 1.807) is 0 Å². The maximum absolute atomic E-state index is 6.27. The fraction of sp³-hybridized carbons (Fsp3) is 0. The van der Waals surface area contributed by atoms with E-state index in [0.29, 0.717) is 27.6 Å². The van der Waals surface area contributed by atoms with E-state index >= 15 is 0 Å². The standard InChI is InChI=1S/C45H27Cl2N5/c46-32-20-14-28(15-21-32)43-48-44(29-16-22-33(47)23-17-29)50-45(49-43)52-40-13-7-4-10-35(40)37-24-18-31(27-42(37)52)30-19-25-41-38(26-30)36-11-5-6-12-39(36)51(41)34-8-2-1-3-9-34/h1-27H. The summed E-state index contributed by atoms with van der Waals surface area (Å²) >= 11 is 12.5. The van der Waals surface area contributed by atoms with Crippen molar-refractivity contribution in [1.29, 1.82) is 0 Å². The van der Waals surface area contributed by atoms with Crippen LogP contribution in [-0.2, 0) is 0 Å². The Labute approximate surface area is 309 Å². The van der Waals surface area contributed by atoms with Crippen LogP contribution in [-0.4, -0.2) is 24.1 Å². The van der Waals surface area contributed by atoms with Gasteiger partial charge in [0.25, 0.3) is 0 Å². The first-order valence-corrected chi connectivity index (χ1v) is 17.8. The quantitative estimate of drug-likeness (QED) is 0.179. The van der Waals surface area contributed by atoms with Gasteiger partial charge in [0.15, 0.2) is 11.6 Å². The van der Waals surface area contributed by atoms with Crippen LogP contribution in [0.4, 0.5) is 0 Å². The maximum atomic E-state index is 6.27. The molecule has 7 heteroatoms. The summed E-state index contributed by atoms with van der Waals surface area (Å²) in [4.78, 5) is 15.1. The van der Waals surface area contributed by atoms with E-state index in [-0.39, 0.29) is 0 Å². The van der Waals surface area contributed by atoms with E-state index in [1.807, 2.05) is 48.5 Å². The lowest BCUT2D eigenvalue weighted by atomic mass is 10.0. The van der Waals surface area contributed by atoms with Gasteiger partial charge >= 0.3 is 0 Å². The molecule has 52 heavy (non-hydrogen) atoms. The first-order valence-electron chi connectivity index (χ1n) is 17.0. The van der Waals surface area contributed by atoms with Crippen molar-refractivity contribution in [3.05, 3.63) is 174 Å². The second-order valence-corrected chi connectivity index (χ2v) is 13.7. The smallest absolute Gasteiger partial charge is 0.238 e. The molecule has 0 aliphatic rings. The molecule has 0 aliphatic carbocycles. The van der Waals surface area contributed by atoms with Crippen LogP contribution >= 0.6 is 23.2 Å². The predicted octanol–water partition coefficient (Wildman–Crippen LogP) is 12.4. The molecular weight excluding hydrogens is 681 g/mol. The topological polar surface area (TPSA) is 48.5 Å². The van der Waals surface area contributed by atoms with Gasteiger partial charge in [-0.25, -0.2) is 4.98 Å². The Morgan fingerprint density at radius 3 is 1.48 bits per heavy atom. The zero-order valence-electron chi connectivity index (χ0n) is 27.6. The second-order valence-electron chi connectivity index (χ2n) is 12.8. The summed E-state index contributed by atoms with van der Waals surface area (Å²) in [7, 11) is 0. The highest BCUT2D eigenvalue weighted by Gasteiger charge is 2.19. The summed E-state index contributed by atoms with van der Waals surface area (Å²) in [5.74, 6) is 1.62. The second kappa shape index (κ2) is 12.2. The molecule has 3 aromatic heterocycles. The number of para-hydroxylation sites is 3. The molecule has 0 unspecified atom stereocenters. The van der Waals surface area contributed by atoms with Crippen LogP contribution in [0.5, 0.6) is 0 Å². The molecule has 10 aromatic rings. The lowest BCUT2D eigenvalue weighted by Crippen LogP contribution is -2.06. The van der Waals surface area contributed by atoms with E-state index in [4.69, 9.17) is 38.2 Å². The monoisotopic (exact) mass is 707 g/mol. The van der Waals surface area contributed by atoms with Gasteiger partial charge in [-0.2, -0.15) is 9.97 Å². The van der Waals surface area contributed by atoms with E-state index < -0.39 is 0 Å². The van der Waals surface area contributed by atoms with Crippen LogP contribution in [0, 0.1) is 0 Å². The normalized spacial score (nSPS) is 11.7. The van der Waals surface area contributed by atoms with E-state index in [0.717, 1.165) is 49.7 Å². The lowest BCUT2D eigenvalue weighted by molar-refractivity contribution is 0.953. The molecule has 0 atom stereocenters. The number of benzene rings is 7.